The Kier molecular flexibility index (Phi) is 6.85. The fourth-order valence-electron chi connectivity index (χ4n) is 5.13. The average molecular weight is 461 g/mol. The van der Waals surface area contributed by atoms with Gasteiger partial charge in [-0.25, -0.2) is 9.97 Å². The van der Waals surface area contributed by atoms with Crippen LogP contribution in [0.2, 0.25) is 5.04 Å². The molecule has 0 saturated heterocycles. The molecule has 4 nitrogen and oxygen atoms in total. The largest absolute Gasteiger partial charge is 0.401 e. The maximum absolute atomic E-state index is 10.3. The van der Waals surface area contributed by atoms with E-state index in [2.05, 4.69) is 86.4 Å². The van der Waals surface area contributed by atoms with Crippen molar-refractivity contribution in [2.24, 2.45) is 0 Å². The topological polar surface area (TPSA) is 55.2 Å². The van der Waals surface area contributed by atoms with Gasteiger partial charge in [0.1, 0.15) is 5.82 Å². The van der Waals surface area contributed by atoms with Crippen LogP contribution in [0, 0.1) is 0 Å². The minimum Gasteiger partial charge on any atom is -0.401 e. The fraction of sp³-hybridized carbons (Fsp3) is 0.429. The van der Waals surface area contributed by atoms with Crippen LogP contribution < -0.4 is 10.4 Å². The van der Waals surface area contributed by atoms with Crippen molar-refractivity contribution in [3.63, 3.8) is 0 Å². The van der Waals surface area contributed by atoms with Gasteiger partial charge in [-0.3, -0.25) is 0 Å². The Bertz CT molecular complexity index is 999. The molecule has 4 rings (SSSR count). The van der Waals surface area contributed by atoms with Crippen molar-refractivity contribution in [1.29, 1.82) is 0 Å². The van der Waals surface area contributed by atoms with Gasteiger partial charge in [-0.05, 0) is 54.1 Å². The lowest BCUT2D eigenvalue weighted by atomic mass is 9.79. The summed E-state index contributed by atoms with van der Waals surface area (Å²) in [5, 5.41) is 12.8. The van der Waals surface area contributed by atoms with Gasteiger partial charge in [0.2, 0.25) is 0 Å². The second-order valence-electron chi connectivity index (χ2n) is 10.6. The Labute approximate surface area is 199 Å². The van der Waals surface area contributed by atoms with E-state index in [9.17, 15) is 5.11 Å². The maximum atomic E-state index is 10.3. The Morgan fingerprint density at radius 1 is 0.939 bits per heavy atom. The van der Waals surface area contributed by atoms with E-state index in [4.69, 9.17) is 9.41 Å². The quantitative estimate of drug-likeness (QED) is 0.528. The number of nitrogens with zero attached hydrogens (tertiary/aromatic N) is 2. The molecule has 1 N–H and O–H groups in total. The van der Waals surface area contributed by atoms with Crippen LogP contribution in [0.5, 0.6) is 0 Å². The third-order valence-electron chi connectivity index (χ3n) is 7.01. The summed E-state index contributed by atoms with van der Waals surface area (Å²) in [7, 11) is -2.60. The van der Waals surface area contributed by atoms with Gasteiger partial charge in [0.15, 0.2) is 0 Å². The summed E-state index contributed by atoms with van der Waals surface area (Å²) in [6.45, 7) is 9.25. The Hall–Kier alpha value is -2.34. The van der Waals surface area contributed by atoms with Crippen LogP contribution in [0.4, 0.5) is 0 Å². The molecule has 0 amide bonds. The first-order chi connectivity index (χ1) is 15.7. The second-order valence-corrected chi connectivity index (χ2v) is 14.9. The number of aromatic nitrogens is 2. The van der Waals surface area contributed by atoms with Gasteiger partial charge < -0.3 is 9.53 Å². The zero-order valence-corrected chi connectivity index (χ0v) is 21.3. The lowest BCUT2D eigenvalue weighted by Crippen LogP contribution is -2.66. The van der Waals surface area contributed by atoms with Crippen LogP contribution in [-0.2, 0) is 11.0 Å². The summed E-state index contributed by atoms with van der Waals surface area (Å²) in [4.78, 5) is 9.50. The van der Waals surface area contributed by atoms with Crippen LogP contribution in [0.1, 0.15) is 70.8 Å². The molecule has 2 aromatic carbocycles. The zero-order valence-electron chi connectivity index (χ0n) is 20.3. The Morgan fingerprint density at radius 2 is 1.48 bits per heavy atom. The van der Waals surface area contributed by atoms with E-state index < -0.39 is 13.9 Å². The van der Waals surface area contributed by atoms with Crippen LogP contribution >= 0.6 is 0 Å². The molecule has 174 valence electrons. The third-order valence-corrected chi connectivity index (χ3v) is 12.0. The first kappa shape index (κ1) is 23.8. The fourth-order valence-corrected chi connectivity index (χ4v) is 9.65. The lowest BCUT2D eigenvalue weighted by molar-refractivity contribution is 0.0164. The van der Waals surface area contributed by atoms with Gasteiger partial charge >= 0.3 is 0 Å². The van der Waals surface area contributed by atoms with E-state index in [1.807, 2.05) is 19.2 Å². The van der Waals surface area contributed by atoms with E-state index in [0.29, 0.717) is 12.5 Å². The molecule has 1 aromatic heterocycles. The van der Waals surface area contributed by atoms with Crippen molar-refractivity contribution < 1.29 is 9.53 Å². The molecular weight excluding hydrogens is 424 g/mol. The average Bonchev–Trinajstić information content (AvgIpc) is 2.80. The van der Waals surface area contributed by atoms with Gasteiger partial charge in [0, 0.05) is 12.1 Å². The summed E-state index contributed by atoms with van der Waals surface area (Å²) in [6.07, 6.45) is 5.30. The van der Waals surface area contributed by atoms with Crippen molar-refractivity contribution in [2.45, 2.75) is 76.5 Å². The highest BCUT2D eigenvalue weighted by Gasteiger charge is 2.50. The summed E-state index contributed by atoms with van der Waals surface area (Å²) in [6, 6.07) is 23.4. The maximum Gasteiger partial charge on any atom is 0.261 e. The number of hydrogen-bond donors (Lipinski definition) is 1. The number of rotatable bonds is 6. The van der Waals surface area contributed by atoms with Gasteiger partial charge in [-0.15, -0.1) is 0 Å². The molecule has 1 aliphatic rings. The monoisotopic (exact) mass is 460 g/mol. The van der Waals surface area contributed by atoms with Gasteiger partial charge in [-0.2, -0.15) is 0 Å². The summed E-state index contributed by atoms with van der Waals surface area (Å²) in [5.74, 6) is 1.19. The van der Waals surface area contributed by atoms with Gasteiger partial charge in [0.25, 0.3) is 8.32 Å². The molecule has 0 unspecified atom stereocenters. The van der Waals surface area contributed by atoms with Crippen molar-refractivity contribution in [1.82, 2.24) is 9.97 Å². The predicted molar refractivity (Wildman–Crippen MR) is 136 cm³/mol. The molecular formula is C28H36N2O2Si. The van der Waals surface area contributed by atoms with Crippen LogP contribution in [0.25, 0.3) is 0 Å². The highest BCUT2D eigenvalue weighted by molar-refractivity contribution is 6.99. The highest BCUT2D eigenvalue weighted by atomic mass is 28.4. The molecule has 0 aliphatic heterocycles. The molecule has 0 atom stereocenters. The number of hydrogen-bond acceptors (Lipinski definition) is 4. The predicted octanol–water partition coefficient (Wildman–Crippen LogP) is 4.96. The molecule has 33 heavy (non-hydrogen) atoms. The SMILES string of the molecule is CC(C)(C)[Si](OCc1ccnc([C@H]2CC[C@@](C)(O)CC2)n1)(c1ccccc1)c1ccccc1. The van der Waals surface area contributed by atoms with E-state index >= 15 is 0 Å². The molecule has 0 bridgehead atoms. The van der Waals surface area contributed by atoms with E-state index in [-0.39, 0.29) is 5.04 Å². The van der Waals surface area contributed by atoms with Crippen LogP contribution in [-0.4, -0.2) is 29.0 Å². The third kappa shape index (κ3) is 5.11. The first-order valence-corrected chi connectivity index (χ1v) is 13.9. The normalized spacial score (nSPS) is 21.7. The van der Waals surface area contributed by atoms with Crippen molar-refractivity contribution in [3.8, 4) is 0 Å². The zero-order chi connectivity index (χ0) is 23.5. The Balaban J connectivity index is 1.65. The standard InChI is InChI=1S/C28H36N2O2Si/c1-27(2,3)33(24-11-7-5-8-12-24,25-13-9-6-10-14-25)32-21-23-17-20-29-26(30-23)22-15-18-28(4,31)19-16-22/h5-14,17,20,22,31H,15-16,18-19,21H2,1-4H3/t22-,28+. The number of aliphatic hydroxyl groups is 1. The summed E-state index contributed by atoms with van der Waals surface area (Å²) < 4.78 is 7.04. The van der Waals surface area contributed by atoms with E-state index in [0.717, 1.165) is 37.2 Å². The minimum atomic E-state index is -2.60. The summed E-state index contributed by atoms with van der Waals surface area (Å²) >= 11 is 0. The molecule has 3 aromatic rings. The smallest absolute Gasteiger partial charge is 0.261 e. The van der Waals surface area contributed by atoms with E-state index in [1.165, 1.54) is 10.4 Å². The molecule has 5 heteroatoms. The first-order valence-electron chi connectivity index (χ1n) is 12.0. The van der Waals surface area contributed by atoms with Gasteiger partial charge in [-0.1, -0.05) is 81.4 Å². The molecule has 0 spiro atoms. The van der Waals surface area contributed by atoms with Crippen LogP contribution in [0.3, 0.4) is 0 Å². The molecule has 1 heterocycles. The molecule has 1 saturated carbocycles. The van der Waals surface area contributed by atoms with E-state index in [1.54, 1.807) is 0 Å². The summed E-state index contributed by atoms with van der Waals surface area (Å²) in [5.41, 5.74) is 0.367. The molecule has 0 radical (unpaired) electrons. The molecule has 1 fully saturated rings. The highest BCUT2D eigenvalue weighted by Crippen LogP contribution is 2.38. The lowest BCUT2D eigenvalue weighted by Gasteiger charge is -2.43. The molecule has 1 aliphatic carbocycles. The second kappa shape index (κ2) is 9.49. The van der Waals surface area contributed by atoms with Crippen molar-refractivity contribution in [3.05, 3.63) is 84.4 Å². The van der Waals surface area contributed by atoms with Crippen molar-refractivity contribution in [2.75, 3.05) is 0 Å². The minimum absolute atomic E-state index is 0.0689. The van der Waals surface area contributed by atoms with Gasteiger partial charge in [0.05, 0.1) is 17.9 Å². The Morgan fingerprint density at radius 3 is 2.00 bits per heavy atom. The van der Waals surface area contributed by atoms with Crippen LogP contribution in [0.15, 0.2) is 72.9 Å². The number of benzene rings is 2. The van der Waals surface area contributed by atoms with Crippen molar-refractivity contribution >= 4 is 18.7 Å².